The second-order valence-electron chi connectivity index (χ2n) is 5.64. The molecule has 0 saturated carbocycles. The van der Waals surface area contributed by atoms with Gasteiger partial charge < -0.3 is 5.32 Å². The summed E-state index contributed by atoms with van der Waals surface area (Å²) in [6.45, 7) is 1.67. The Morgan fingerprint density at radius 3 is 2.41 bits per heavy atom. The largest absolute Gasteiger partial charge is 0.321 e. The quantitative estimate of drug-likeness (QED) is 0.680. The predicted octanol–water partition coefficient (Wildman–Crippen LogP) is 3.49. The molecule has 2 N–H and O–H groups in total. The molecule has 0 aliphatic heterocycles. The molecule has 1 amide bonds. The van der Waals surface area contributed by atoms with Crippen LogP contribution in [0.4, 0.5) is 11.4 Å². The lowest BCUT2D eigenvalue weighted by Gasteiger charge is -2.12. The zero-order valence-electron chi connectivity index (χ0n) is 14.2. The van der Waals surface area contributed by atoms with Crippen molar-refractivity contribution in [1.82, 2.24) is 9.97 Å². The van der Waals surface area contributed by atoms with Gasteiger partial charge in [-0.2, -0.15) is 0 Å². The van der Waals surface area contributed by atoms with Gasteiger partial charge in [-0.05, 0) is 48.9 Å². The number of anilines is 2. The van der Waals surface area contributed by atoms with Gasteiger partial charge >= 0.3 is 0 Å². The van der Waals surface area contributed by atoms with Crippen molar-refractivity contribution in [3.8, 4) is 0 Å². The van der Waals surface area contributed by atoms with E-state index in [1.807, 2.05) is 0 Å². The highest BCUT2D eigenvalue weighted by Gasteiger charge is 2.18. The molecule has 138 valence electrons. The van der Waals surface area contributed by atoms with E-state index >= 15 is 0 Å². The molecular weight excluding hydrogens is 388 g/mol. The maximum absolute atomic E-state index is 12.7. The van der Waals surface area contributed by atoms with E-state index < -0.39 is 15.9 Å². The van der Waals surface area contributed by atoms with Crippen molar-refractivity contribution in [3.05, 3.63) is 77.3 Å². The number of nitrogens with zero attached hydrogens (tertiary/aromatic N) is 2. The lowest BCUT2D eigenvalue weighted by atomic mass is 10.2. The van der Waals surface area contributed by atoms with Crippen molar-refractivity contribution in [2.75, 3.05) is 10.0 Å². The van der Waals surface area contributed by atoms with Crippen LogP contribution in [-0.4, -0.2) is 24.3 Å². The monoisotopic (exact) mass is 402 g/mol. The third kappa shape index (κ3) is 4.60. The molecule has 9 heteroatoms. The van der Waals surface area contributed by atoms with Gasteiger partial charge in [0.1, 0.15) is 5.69 Å². The molecule has 0 aliphatic rings. The average molecular weight is 403 g/mol. The van der Waals surface area contributed by atoms with Crippen LogP contribution in [0.1, 0.15) is 16.1 Å². The third-order valence-electron chi connectivity index (χ3n) is 3.63. The topological polar surface area (TPSA) is 101 Å². The van der Waals surface area contributed by atoms with Gasteiger partial charge in [-0.3, -0.25) is 14.5 Å². The Balaban J connectivity index is 1.86. The van der Waals surface area contributed by atoms with Crippen LogP contribution in [0.5, 0.6) is 0 Å². The van der Waals surface area contributed by atoms with E-state index in [-0.39, 0.29) is 10.6 Å². The molecule has 1 aromatic heterocycles. The summed E-state index contributed by atoms with van der Waals surface area (Å²) in [5, 5.41) is 3.12. The van der Waals surface area contributed by atoms with E-state index in [4.69, 9.17) is 11.6 Å². The van der Waals surface area contributed by atoms with Crippen LogP contribution in [0.2, 0.25) is 5.02 Å². The molecule has 0 aliphatic carbocycles. The van der Waals surface area contributed by atoms with Crippen LogP contribution >= 0.6 is 11.6 Å². The van der Waals surface area contributed by atoms with Crippen molar-refractivity contribution in [2.24, 2.45) is 0 Å². The van der Waals surface area contributed by atoms with Gasteiger partial charge in [-0.1, -0.05) is 17.7 Å². The molecule has 7 nitrogen and oxygen atoms in total. The Hall–Kier alpha value is -2.97. The van der Waals surface area contributed by atoms with Gasteiger partial charge in [0.2, 0.25) is 0 Å². The number of halogens is 1. The van der Waals surface area contributed by atoms with Crippen molar-refractivity contribution in [1.29, 1.82) is 0 Å². The van der Waals surface area contributed by atoms with Crippen LogP contribution in [0.3, 0.4) is 0 Å². The summed E-state index contributed by atoms with van der Waals surface area (Å²) in [4.78, 5) is 20.0. The highest BCUT2D eigenvalue weighted by molar-refractivity contribution is 7.92. The number of aryl methyl sites for hydroxylation is 1. The molecule has 0 bridgehead atoms. The minimum Gasteiger partial charge on any atom is -0.321 e. The first-order chi connectivity index (χ1) is 12.8. The lowest BCUT2D eigenvalue weighted by molar-refractivity contribution is 0.102. The summed E-state index contributed by atoms with van der Waals surface area (Å²) >= 11 is 5.82. The molecule has 3 aromatic rings. The smallest absolute Gasteiger partial charge is 0.275 e. The number of carbonyl (C=O) groups excluding carboxylic acids is 1. The number of sulfonamides is 1. The molecule has 1 heterocycles. The fraction of sp³-hybridized carbons (Fsp3) is 0.0556. The Labute approximate surface area is 161 Å². The number of aromatic nitrogens is 2. The number of nitrogens with one attached hydrogen (secondary N) is 2. The maximum atomic E-state index is 12.7. The van der Waals surface area contributed by atoms with E-state index in [0.29, 0.717) is 22.0 Å². The number of rotatable bonds is 5. The summed E-state index contributed by atoms with van der Waals surface area (Å²) in [5.74, 6) is -0.485. The Kier molecular flexibility index (Phi) is 5.38. The summed E-state index contributed by atoms with van der Waals surface area (Å²) < 4.78 is 28.0. The standard InChI is InChI=1S/C18H15ClN4O3S/c1-12-2-5-15(22-18(24)16-11-20-8-9-21-16)10-17(12)27(25,26)23-14-6-3-13(19)4-7-14/h2-11,23H,1H3,(H,22,24). The zero-order valence-corrected chi connectivity index (χ0v) is 15.8. The molecular formula is C18H15ClN4O3S. The molecule has 0 fully saturated rings. The fourth-order valence-electron chi connectivity index (χ4n) is 2.31. The molecule has 0 saturated heterocycles. The van der Waals surface area contributed by atoms with Gasteiger partial charge in [-0.15, -0.1) is 0 Å². The predicted molar refractivity (Wildman–Crippen MR) is 103 cm³/mol. The molecule has 0 radical (unpaired) electrons. The van der Waals surface area contributed by atoms with Gasteiger partial charge in [0.25, 0.3) is 15.9 Å². The Bertz CT molecular complexity index is 1070. The maximum Gasteiger partial charge on any atom is 0.275 e. The summed E-state index contributed by atoms with van der Waals surface area (Å²) in [6.07, 6.45) is 4.18. The fourth-order valence-corrected chi connectivity index (χ4v) is 3.76. The molecule has 2 aromatic carbocycles. The number of benzene rings is 2. The van der Waals surface area contributed by atoms with Gasteiger partial charge in [0, 0.05) is 28.8 Å². The first-order valence-electron chi connectivity index (χ1n) is 7.81. The third-order valence-corrected chi connectivity index (χ3v) is 5.40. The molecule has 0 atom stereocenters. The first-order valence-corrected chi connectivity index (χ1v) is 9.68. The Morgan fingerprint density at radius 1 is 1.04 bits per heavy atom. The van der Waals surface area contributed by atoms with Crippen LogP contribution in [-0.2, 0) is 10.0 Å². The lowest BCUT2D eigenvalue weighted by Crippen LogP contribution is -2.17. The highest BCUT2D eigenvalue weighted by Crippen LogP contribution is 2.24. The van der Waals surface area contributed by atoms with Crippen molar-refractivity contribution in [2.45, 2.75) is 11.8 Å². The second-order valence-corrected chi connectivity index (χ2v) is 7.72. The first kappa shape index (κ1) is 18.8. The van der Waals surface area contributed by atoms with Crippen LogP contribution < -0.4 is 10.0 Å². The molecule has 27 heavy (non-hydrogen) atoms. The number of hydrogen-bond donors (Lipinski definition) is 2. The van der Waals surface area contributed by atoms with Crippen molar-refractivity contribution < 1.29 is 13.2 Å². The van der Waals surface area contributed by atoms with Crippen LogP contribution in [0.15, 0.2) is 66.0 Å². The average Bonchev–Trinajstić information content (AvgIpc) is 2.65. The highest BCUT2D eigenvalue weighted by atomic mass is 35.5. The summed E-state index contributed by atoms with van der Waals surface area (Å²) in [6, 6.07) is 10.9. The van der Waals surface area contributed by atoms with E-state index in [1.54, 1.807) is 43.3 Å². The van der Waals surface area contributed by atoms with Crippen LogP contribution in [0, 0.1) is 6.92 Å². The number of hydrogen-bond acceptors (Lipinski definition) is 5. The SMILES string of the molecule is Cc1ccc(NC(=O)c2cnccn2)cc1S(=O)(=O)Nc1ccc(Cl)cc1. The van der Waals surface area contributed by atoms with E-state index in [2.05, 4.69) is 20.0 Å². The molecule has 0 unspecified atom stereocenters. The van der Waals surface area contributed by atoms with Crippen molar-refractivity contribution >= 4 is 38.9 Å². The van der Waals surface area contributed by atoms with E-state index in [0.717, 1.165) is 0 Å². The summed E-state index contributed by atoms with van der Waals surface area (Å²) in [5.41, 5.74) is 1.37. The van der Waals surface area contributed by atoms with E-state index in [1.165, 1.54) is 24.7 Å². The van der Waals surface area contributed by atoms with Gasteiger partial charge in [-0.25, -0.2) is 13.4 Å². The molecule has 3 rings (SSSR count). The van der Waals surface area contributed by atoms with E-state index in [9.17, 15) is 13.2 Å². The van der Waals surface area contributed by atoms with Gasteiger partial charge in [0.15, 0.2) is 0 Å². The van der Waals surface area contributed by atoms with Crippen LogP contribution in [0.25, 0.3) is 0 Å². The summed E-state index contributed by atoms with van der Waals surface area (Å²) in [7, 11) is -3.85. The second kappa shape index (κ2) is 7.73. The minimum absolute atomic E-state index is 0.0504. The number of amides is 1. The minimum atomic E-state index is -3.85. The Morgan fingerprint density at radius 2 is 1.74 bits per heavy atom. The molecule has 0 spiro atoms. The normalized spacial score (nSPS) is 11.0. The zero-order chi connectivity index (χ0) is 19.4. The number of carbonyl (C=O) groups is 1. The van der Waals surface area contributed by atoms with Gasteiger partial charge in [0.05, 0.1) is 11.1 Å². The van der Waals surface area contributed by atoms with Crippen molar-refractivity contribution in [3.63, 3.8) is 0 Å².